The van der Waals surface area contributed by atoms with Crippen LogP contribution in [0.1, 0.15) is 53.7 Å². The molecule has 0 radical (unpaired) electrons. The maximum atomic E-state index is 13.1. The van der Waals surface area contributed by atoms with Crippen molar-refractivity contribution in [3.8, 4) is 0 Å². The Bertz CT molecular complexity index is 1150. The summed E-state index contributed by atoms with van der Waals surface area (Å²) in [6.07, 6.45) is 1.53. The first-order chi connectivity index (χ1) is 15.1. The Morgan fingerprint density at radius 2 is 2.21 bits per heavy atom. The molecular weight excluding hydrogens is 312 g/mol. The van der Waals surface area contributed by atoms with E-state index in [9.17, 15) is 14.7 Å². The third kappa shape index (κ3) is 3.93. The first-order valence-corrected chi connectivity index (χ1v) is 7.27. The Morgan fingerprint density at radius 3 is 2.88 bits per heavy atom. The summed E-state index contributed by atoms with van der Waals surface area (Å²) < 4.78 is 81.6. The Kier molecular flexibility index (Phi) is 2.73. The van der Waals surface area contributed by atoms with Crippen LogP contribution in [0.4, 0.5) is 0 Å². The van der Waals surface area contributed by atoms with Crippen LogP contribution < -0.4 is 11.2 Å². The van der Waals surface area contributed by atoms with Gasteiger partial charge in [-0.1, -0.05) is 0 Å². The summed E-state index contributed by atoms with van der Waals surface area (Å²) in [6.45, 7) is -10.4. The van der Waals surface area contributed by atoms with Crippen molar-refractivity contribution in [2.24, 2.45) is 6.98 Å². The average Bonchev–Trinajstić information content (AvgIpc) is 3.02. The fraction of sp³-hybridized carbons (Fsp3) is 0.688. The van der Waals surface area contributed by atoms with Gasteiger partial charge in [0.25, 0.3) is 5.56 Å². The zero-order valence-corrected chi connectivity index (χ0v) is 13.4. The number of hydrogen-bond acceptors (Lipinski definition) is 5. The van der Waals surface area contributed by atoms with E-state index in [0.29, 0.717) is 28.3 Å². The van der Waals surface area contributed by atoms with E-state index in [2.05, 4.69) is 9.72 Å². The Labute approximate surface area is 154 Å². The number of imidazole rings is 1. The molecule has 134 valence electrons. The van der Waals surface area contributed by atoms with Gasteiger partial charge in [0.15, 0.2) is 11.2 Å². The topological polar surface area (TPSA) is 91.3 Å². The maximum absolute atomic E-state index is 13.1. The normalized spacial score (nSPS) is 20.6. The van der Waals surface area contributed by atoms with Gasteiger partial charge >= 0.3 is 5.69 Å². The summed E-state index contributed by atoms with van der Waals surface area (Å²) in [5.41, 5.74) is -4.77. The van der Waals surface area contributed by atoms with Gasteiger partial charge in [-0.3, -0.25) is 13.9 Å². The van der Waals surface area contributed by atoms with Crippen molar-refractivity contribution < 1.29 is 23.6 Å². The first-order valence-electron chi connectivity index (χ1n) is 12.3. The van der Waals surface area contributed by atoms with Gasteiger partial charge in [0.2, 0.25) is 0 Å². The van der Waals surface area contributed by atoms with Gasteiger partial charge in [-0.05, 0) is 40.0 Å². The maximum Gasteiger partial charge on any atom is 0.332 e. The van der Waals surface area contributed by atoms with Crippen LogP contribution in [0.3, 0.4) is 0 Å². The minimum atomic E-state index is -3.48. The van der Waals surface area contributed by atoms with Crippen LogP contribution in [-0.2, 0) is 24.9 Å². The van der Waals surface area contributed by atoms with Gasteiger partial charge in [-0.15, -0.1) is 0 Å². The molecule has 2 rings (SSSR count). The van der Waals surface area contributed by atoms with Crippen molar-refractivity contribution in [2.45, 2.75) is 58.8 Å². The number of unbranched alkanes of at least 4 members (excludes halogenated alkanes) is 1. The summed E-state index contributed by atoms with van der Waals surface area (Å²) >= 11 is 0. The van der Waals surface area contributed by atoms with E-state index < -0.39 is 55.1 Å². The SMILES string of the molecule is [2H]C([2H])([2H])n1c(=O)n(CCCCC(C)(C)O)c(=O)c2c1ncn2C([2H])([2H])OC([2H])([2H])C([2H])([2H])[2H]. The Morgan fingerprint density at radius 1 is 1.42 bits per heavy atom. The van der Waals surface area contributed by atoms with Gasteiger partial charge in [-0.25, -0.2) is 9.78 Å². The van der Waals surface area contributed by atoms with E-state index in [-0.39, 0.29) is 17.5 Å². The number of aromatic nitrogens is 4. The molecule has 8 heteroatoms. The molecule has 8 nitrogen and oxygen atoms in total. The molecule has 2 heterocycles. The number of fused-ring (bicyclic) bond motifs is 1. The highest BCUT2D eigenvalue weighted by atomic mass is 16.5. The van der Waals surface area contributed by atoms with Gasteiger partial charge in [-0.2, -0.15) is 0 Å². The van der Waals surface area contributed by atoms with E-state index in [1.807, 2.05) is 0 Å². The fourth-order valence-electron chi connectivity index (χ4n) is 2.29. The van der Waals surface area contributed by atoms with Crippen LogP contribution in [-0.4, -0.2) is 36.0 Å². The molecular formula is C16H26N4O4. The molecule has 0 saturated carbocycles. The minimum Gasteiger partial charge on any atom is -0.390 e. The van der Waals surface area contributed by atoms with Crippen molar-refractivity contribution in [1.82, 2.24) is 18.7 Å². The fourth-order valence-corrected chi connectivity index (χ4v) is 2.29. The number of hydrogen-bond donors (Lipinski definition) is 1. The monoisotopic (exact) mass is 348 g/mol. The second-order valence-electron chi connectivity index (χ2n) is 5.93. The number of aliphatic hydroxyl groups is 1. The lowest BCUT2D eigenvalue weighted by molar-refractivity contribution is 0.0678. The summed E-state index contributed by atoms with van der Waals surface area (Å²) in [5, 5.41) is 9.82. The summed E-state index contributed by atoms with van der Waals surface area (Å²) in [7, 11) is 0. The van der Waals surface area contributed by atoms with Crippen molar-refractivity contribution in [2.75, 3.05) is 6.56 Å². The van der Waals surface area contributed by atoms with Crippen molar-refractivity contribution >= 4 is 11.2 Å². The lowest BCUT2D eigenvalue weighted by Gasteiger charge is -2.16. The van der Waals surface area contributed by atoms with Crippen LogP contribution in [0, 0.1) is 0 Å². The molecule has 0 aliphatic carbocycles. The van der Waals surface area contributed by atoms with E-state index in [1.54, 1.807) is 13.8 Å². The van der Waals surface area contributed by atoms with E-state index in [0.717, 1.165) is 0 Å². The zero-order chi connectivity index (χ0) is 26.5. The molecule has 0 atom stereocenters. The quantitative estimate of drug-likeness (QED) is 0.714. The molecule has 0 saturated heterocycles. The molecule has 24 heavy (non-hydrogen) atoms. The molecule has 1 N–H and O–H groups in total. The second-order valence-corrected chi connectivity index (χ2v) is 5.93. The molecule has 0 unspecified atom stereocenters. The Hall–Kier alpha value is -1.93. The highest BCUT2D eigenvalue weighted by molar-refractivity contribution is 5.69. The zero-order valence-electron chi connectivity index (χ0n) is 23.4. The van der Waals surface area contributed by atoms with Crippen molar-refractivity contribution in [3.63, 3.8) is 0 Å². The van der Waals surface area contributed by atoms with E-state index >= 15 is 0 Å². The molecule has 2 aromatic rings. The molecule has 2 aromatic heterocycles. The Balaban J connectivity index is 2.69. The summed E-state index contributed by atoms with van der Waals surface area (Å²) in [4.78, 5) is 29.7. The van der Waals surface area contributed by atoms with Gasteiger partial charge < -0.3 is 14.4 Å². The summed E-state index contributed by atoms with van der Waals surface area (Å²) in [6, 6.07) is 0. The van der Waals surface area contributed by atoms with Crippen LogP contribution in [0.5, 0.6) is 0 Å². The van der Waals surface area contributed by atoms with Crippen LogP contribution in [0.25, 0.3) is 11.2 Å². The average molecular weight is 348 g/mol. The molecule has 0 spiro atoms. The molecule has 0 bridgehead atoms. The molecule has 0 aliphatic heterocycles. The van der Waals surface area contributed by atoms with Gasteiger partial charge in [0, 0.05) is 28.3 Å². The lowest BCUT2D eigenvalue weighted by Crippen LogP contribution is -2.39. The van der Waals surface area contributed by atoms with Gasteiger partial charge in [0.05, 0.1) is 17.4 Å². The molecule has 0 fully saturated rings. The number of ether oxygens (including phenoxy) is 1. The van der Waals surface area contributed by atoms with Crippen LogP contribution in [0.2, 0.25) is 0 Å². The predicted octanol–water partition coefficient (Wildman–Crippen LogP) is 0.832. The number of rotatable bonds is 8. The number of nitrogens with zero attached hydrogens (tertiary/aromatic N) is 4. The first kappa shape index (κ1) is 8.96. The van der Waals surface area contributed by atoms with Crippen LogP contribution in [0.15, 0.2) is 15.9 Å². The lowest BCUT2D eigenvalue weighted by atomic mass is 10.0. The molecule has 0 aliphatic rings. The van der Waals surface area contributed by atoms with Crippen molar-refractivity contribution in [1.29, 1.82) is 0 Å². The molecule has 0 aromatic carbocycles. The van der Waals surface area contributed by atoms with E-state index in [1.165, 1.54) is 0 Å². The minimum absolute atomic E-state index is 0.199. The standard InChI is InChI=1S/C16H26N4O4/c1-5-24-11-19-10-17-13-12(19)14(21)20(15(22)18(13)4)9-7-6-8-16(2,3)23/h10,23H,5-9,11H2,1-4H3/i1D3,4D3,5D2,11D2. The third-order valence-corrected chi connectivity index (χ3v) is 3.45. The van der Waals surface area contributed by atoms with Crippen LogP contribution >= 0.6 is 0 Å². The predicted molar refractivity (Wildman–Crippen MR) is 91.0 cm³/mol. The van der Waals surface area contributed by atoms with E-state index in [4.69, 9.17) is 13.7 Å². The summed E-state index contributed by atoms with van der Waals surface area (Å²) in [5.74, 6) is 0. The van der Waals surface area contributed by atoms with Crippen molar-refractivity contribution in [3.05, 3.63) is 27.2 Å². The largest absolute Gasteiger partial charge is 0.390 e. The highest BCUT2D eigenvalue weighted by Gasteiger charge is 2.16. The number of aryl methyl sites for hydroxylation is 1. The third-order valence-electron chi connectivity index (χ3n) is 3.45. The molecule has 0 amide bonds. The van der Waals surface area contributed by atoms with Gasteiger partial charge in [0.1, 0.15) is 6.68 Å². The second kappa shape index (κ2) is 7.31. The smallest absolute Gasteiger partial charge is 0.332 e. The highest BCUT2D eigenvalue weighted by Crippen LogP contribution is 2.12.